The van der Waals surface area contributed by atoms with Crippen molar-refractivity contribution in [2.75, 3.05) is 35.2 Å². The number of anilines is 3. The van der Waals surface area contributed by atoms with Crippen molar-refractivity contribution >= 4 is 23.0 Å². The van der Waals surface area contributed by atoms with E-state index in [0.29, 0.717) is 13.0 Å². The predicted octanol–water partition coefficient (Wildman–Crippen LogP) is 4.29. The third-order valence-corrected chi connectivity index (χ3v) is 4.69. The smallest absolute Gasteiger partial charge is 0.226 e. The molecule has 0 aromatic heterocycles. The van der Waals surface area contributed by atoms with Gasteiger partial charge < -0.3 is 15.5 Å². The molecule has 2 aromatic rings. The van der Waals surface area contributed by atoms with Gasteiger partial charge in [0, 0.05) is 43.1 Å². The number of nitrogens with one attached hydrogen (secondary N) is 2. The number of aryl methyl sites for hydroxylation is 1. The molecule has 2 aromatic carbocycles. The molecular weight excluding hydrogens is 310 g/mol. The van der Waals surface area contributed by atoms with E-state index in [4.69, 9.17) is 0 Å². The van der Waals surface area contributed by atoms with Crippen LogP contribution in [0.2, 0.25) is 0 Å². The van der Waals surface area contributed by atoms with Gasteiger partial charge in [-0.25, -0.2) is 0 Å². The third-order valence-electron chi connectivity index (χ3n) is 4.69. The molecule has 0 bridgehead atoms. The molecule has 0 spiro atoms. The van der Waals surface area contributed by atoms with Crippen molar-refractivity contribution in [3.63, 3.8) is 0 Å². The third kappa shape index (κ3) is 4.75. The SMILES string of the molecule is CCc1ccccc1NC(=O)CCNc1ccc(N2CCCC2)cc1. The first-order chi connectivity index (χ1) is 12.3. The van der Waals surface area contributed by atoms with E-state index >= 15 is 0 Å². The zero-order valence-corrected chi connectivity index (χ0v) is 14.9. The molecule has 1 aliphatic heterocycles. The molecule has 4 nitrogen and oxygen atoms in total. The molecule has 4 heteroatoms. The summed E-state index contributed by atoms with van der Waals surface area (Å²) in [5, 5.41) is 6.34. The van der Waals surface area contributed by atoms with Gasteiger partial charge in [-0.3, -0.25) is 4.79 Å². The number of nitrogens with zero attached hydrogens (tertiary/aromatic N) is 1. The standard InChI is InChI=1S/C21H27N3O/c1-2-17-7-3-4-8-20(17)23-21(25)13-14-22-18-9-11-19(12-10-18)24-15-5-6-16-24/h3-4,7-12,22H,2,5-6,13-16H2,1H3,(H,23,25). The van der Waals surface area contributed by atoms with Crippen LogP contribution in [0.25, 0.3) is 0 Å². The van der Waals surface area contributed by atoms with E-state index in [1.54, 1.807) is 0 Å². The summed E-state index contributed by atoms with van der Waals surface area (Å²) < 4.78 is 0. The average Bonchev–Trinajstić information content (AvgIpc) is 3.17. The lowest BCUT2D eigenvalue weighted by Gasteiger charge is -2.18. The fourth-order valence-electron chi connectivity index (χ4n) is 3.25. The summed E-state index contributed by atoms with van der Waals surface area (Å²) in [7, 11) is 0. The summed E-state index contributed by atoms with van der Waals surface area (Å²) in [6.45, 7) is 5.04. The van der Waals surface area contributed by atoms with E-state index in [2.05, 4.69) is 52.8 Å². The lowest BCUT2D eigenvalue weighted by Crippen LogP contribution is -2.18. The topological polar surface area (TPSA) is 44.4 Å². The highest BCUT2D eigenvalue weighted by molar-refractivity contribution is 5.91. The summed E-state index contributed by atoms with van der Waals surface area (Å²) in [5.74, 6) is 0.0436. The molecule has 2 N–H and O–H groups in total. The Morgan fingerprint density at radius 1 is 1.04 bits per heavy atom. The number of benzene rings is 2. The molecule has 0 radical (unpaired) electrons. The Kier molecular flexibility index (Phi) is 5.94. The van der Waals surface area contributed by atoms with Gasteiger partial charge in [-0.15, -0.1) is 0 Å². The zero-order valence-electron chi connectivity index (χ0n) is 14.9. The summed E-state index contributed by atoms with van der Waals surface area (Å²) in [6.07, 6.45) is 3.94. The maximum atomic E-state index is 12.1. The van der Waals surface area contributed by atoms with E-state index in [1.807, 2.05) is 18.2 Å². The van der Waals surface area contributed by atoms with Crippen LogP contribution >= 0.6 is 0 Å². The fraction of sp³-hybridized carbons (Fsp3) is 0.381. The molecule has 0 saturated carbocycles. The van der Waals surface area contributed by atoms with Crippen molar-refractivity contribution in [2.24, 2.45) is 0 Å². The molecule has 0 atom stereocenters. The fourth-order valence-corrected chi connectivity index (χ4v) is 3.25. The Labute approximate surface area is 150 Å². The largest absolute Gasteiger partial charge is 0.385 e. The van der Waals surface area contributed by atoms with Crippen LogP contribution in [0.4, 0.5) is 17.1 Å². The summed E-state index contributed by atoms with van der Waals surface area (Å²) in [6, 6.07) is 16.5. The lowest BCUT2D eigenvalue weighted by molar-refractivity contribution is -0.115. The second-order valence-corrected chi connectivity index (χ2v) is 6.48. The molecule has 1 heterocycles. The predicted molar refractivity (Wildman–Crippen MR) is 105 cm³/mol. The van der Waals surface area contributed by atoms with E-state index in [0.717, 1.165) is 30.9 Å². The normalized spacial score (nSPS) is 13.7. The molecule has 0 aliphatic carbocycles. The summed E-state index contributed by atoms with van der Waals surface area (Å²) >= 11 is 0. The minimum Gasteiger partial charge on any atom is -0.385 e. The average molecular weight is 337 g/mol. The zero-order chi connectivity index (χ0) is 17.5. The van der Waals surface area contributed by atoms with Crippen LogP contribution in [-0.2, 0) is 11.2 Å². The summed E-state index contributed by atoms with van der Waals surface area (Å²) in [5.41, 5.74) is 4.44. The van der Waals surface area contributed by atoms with Crippen molar-refractivity contribution in [1.82, 2.24) is 0 Å². The monoisotopic (exact) mass is 337 g/mol. The molecule has 1 saturated heterocycles. The minimum atomic E-state index is 0.0436. The molecule has 25 heavy (non-hydrogen) atoms. The molecule has 0 unspecified atom stereocenters. The quantitative estimate of drug-likeness (QED) is 0.792. The van der Waals surface area contributed by atoms with Crippen LogP contribution in [0.5, 0.6) is 0 Å². The maximum Gasteiger partial charge on any atom is 0.226 e. The first-order valence-corrected chi connectivity index (χ1v) is 9.23. The van der Waals surface area contributed by atoms with Crippen LogP contribution in [0.15, 0.2) is 48.5 Å². The number of amides is 1. The Bertz CT molecular complexity index is 691. The Morgan fingerprint density at radius 3 is 2.48 bits per heavy atom. The first-order valence-electron chi connectivity index (χ1n) is 9.23. The number of carbonyl (C=O) groups is 1. The van der Waals surface area contributed by atoms with Crippen LogP contribution in [-0.4, -0.2) is 25.5 Å². The van der Waals surface area contributed by atoms with Crippen molar-refractivity contribution in [1.29, 1.82) is 0 Å². The van der Waals surface area contributed by atoms with Crippen molar-refractivity contribution < 1.29 is 4.79 Å². The van der Waals surface area contributed by atoms with Gasteiger partial charge in [-0.2, -0.15) is 0 Å². The van der Waals surface area contributed by atoms with Crippen LogP contribution in [0.1, 0.15) is 31.7 Å². The first kappa shape index (κ1) is 17.3. The minimum absolute atomic E-state index is 0.0436. The van der Waals surface area contributed by atoms with Gasteiger partial charge in [0.1, 0.15) is 0 Å². The lowest BCUT2D eigenvalue weighted by atomic mass is 10.1. The number of para-hydroxylation sites is 1. The van der Waals surface area contributed by atoms with Crippen LogP contribution in [0, 0.1) is 0 Å². The van der Waals surface area contributed by atoms with Crippen molar-refractivity contribution in [3.05, 3.63) is 54.1 Å². The maximum absolute atomic E-state index is 12.1. The van der Waals surface area contributed by atoms with Gasteiger partial charge in [-0.1, -0.05) is 25.1 Å². The van der Waals surface area contributed by atoms with Gasteiger partial charge in [0.05, 0.1) is 0 Å². The van der Waals surface area contributed by atoms with E-state index < -0.39 is 0 Å². The van der Waals surface area contributed by atoms with E-state index in [1.165, 1.54) is 24.1 Å². The van der Waals surface area contributed by atoms with Crippen molar-refractivity contribution in [3.8, 4) is 0 Å². The van der Waals surface area contributed by atoms with Gasteiger partial charge in [0.2, 0.25) is 5.91 Å². The van der Waals surface area contributed by atoms with Gasteiger partial charge in [-0.05, 0) is 55.2 Å². The molecule has 3 rings (SSSR count). The summed E-state index contributed by atoms with van der Waals surface area (Å²) in [4.78, 5) is 14.6. The molecule has 1 aliphatic rings. The van der Waals surface area contributed by atoms with Gasteiger partial charge >= 0.3 is 0 Å². The van der Waals surface area contributed by atoms with Crippen LogP contribution in [0.3, 0.4) is 0 Å². The highest BCUT2D eigenvalue weighted by Gasteiger charge is 2.11. The Morgan fingerprint density at radius 2 is 1.76 bits per heavy atom. The molecule has 1 fully saturated rings. The molecule has 132 valence electrons. The van der Waals surface area contributed by atoms with Crippen LogP contribution < -0.4 is 15.5 Å². The highest BCUT2D eigenvalue weighted by atomic mass is 16.1. The number of hydrogen-bond acceptors (Lipinski definition) is 3. The number of rotatable bonds is 7. The van der Waals surface area contributed by atoms with Crippen molar-refractivity contribution in [2.45, 2.75) is 32.6 Å². The Balaban J connectivity index is 1.45. The molecular formula is C21H27N3O. The van der Waals surface area contributed by atoms with Gasteiger partial charge in [0.15, 0.2) is 0 Å². The van der Waals surface area contributed by atoms with E-state index in [-0.39, 0.29) is 5.91 Å². The van der Waals surface area contributed by atoms with E-state index in [9.17, 15) is 4.79 Å². The Hall–Kier alpha value is -2.49. The number of hydrogen-bond donors (Lipinski definition) is 2. The van der Waals surface area contributed by atoms with Gasteiger partial charge in [0.25, 0.3) is 0 Å². The molecule has 1 amide bonds. The second kappa shape index (κ2) is 8.56. The number of carbonyl (C=O) groups excluding carboxylic acids is 1. The second-order valence-electron chi connectivity index (χ2n) is 6.48. The highest BCUT2D eigenvalue weighted by Crippen LogP contribution is 2.22.